The third-order valence-electron chi connectivity index (χ3n) is 2.44. The lowest BCUT2D eigenvalue weighted by Gasteiger charge is -2.00. The van der Waals surface area contributed by atoms with E-state index in [4.69, 9.17) is 0 Å². The van der Waals surface area contributed by atoms with Crippen LogP contribution in [0.1, 0.15) is 12.0 Å². The molecule has 0 heterocycles. The average Bonchev–Trinajstić information content (AvgIpc) is 2.41. The molecule has 0 unspecified atom stereocenters. The molecule has 84 valence electrons. The van der Waals surface area contributed by atoms with Gasteiger partial charge >= 0.3 is 0 Å². The molecule has 1 heteroatoms. The third kappa shape index (κ3) is 3.47. The Hall–Kier alpha value is -1.52. The molecule has 17 heavy (non-hydrogen) atoms. The number of hydrogen-bond donors (Lipinski definition) is 0. The lowest BCUT2D eigenvalue weighted by Crippen LogP contribution is -1.78. The summed E-state index contributed by atoms with van der Waals surface area (Å²) < 4.78 is 0. The lowest BCUT2D eigenvalue weighted by molar-refractivity contribution is 1.32. The second kappa shape index (κ2) is 6.27. The minimum absolute atomic E-state index is 0.889. The first-order valence-corrected chi connectivity index (χ1v) is 6.72. The van der Waals surface area contributed by atoms with Gasteiger partial charge in [0.05, 0.1) is 0 Å². The van der Waals surface area contributed by atoms with Crippen molar-refractivity contribution < 1.29 is 0 Å². The summed E-state index contributed by atoms with van der Waals surface area (Å²) in [4.78, 5) is 0. The molecule has 0 saturated heterocycles. The highest BCUT2D eigenvalue weighted by atomic mass is 79.9. The van der Waals surface area contributed by atoms with E-state index in [9.17, 15) is 0 Å². The van der Waals surface area contributed by atoms with E-state index in [1.165, 1.54) is 11.1 Å². The van der Waals surface area contributed by atoms with Crippen LogP contribution in [0, 0.1) is 11.8 Å². The van der Waals surface area contributed by atoms with Crippen molar-refractivity contribution in [3.8, 4) is 23.0 Å². The van der Waals surface area contributed by atoms with Crippen LogP contribution in [0.4, 0.5) is 0 Å². The highest BCUT2D eigenvalue weighted by Crippen LogP contribution is 2.18. The van der Waals surface area contributed by atoms with Gasteiger partial charge in [-0.2, -0.15) is 0 Å². The fourth-order valence-corrected chi connectivity index (χ4v) is 1.79. The SMILES string of the molecule is BrCCC#Cc1ccc(-c2ccccc2)cc1. The molecule has 0 aliphatic carbocycles. The summed E-state index contributed by atoms with van der Waals surface area (Å²) in [6, 6.07) is 18.8. The molecule has 2 aromatic carbocycles. The second-order valence-electron chi connectivity index (χ2n) is 3.68. The van der Waals surface area contributed by atoms with Crippen molar-refractivity contribution in [3.63, 3.8) is 0 Å². The predicted molar refractivity (Wildman–Crippen MR) is 77.2 cm³/mol. The number of alkyl halides is 1. The molecule has 2 rings (SSSR count). The van der Waals surface area contributed by atoms with Crippen LogP contribution in [0.25, 0.3) is 11.1 Å². The second-order valence-corrected chi connectivity index (χ2v) is 4.48. The van der Waals surface area contributed by atoms with Gasteiger partial charge in [-0.05, 0) is 23.3 Å². The van der Waals surface area contributed by atoms with Gasteiger partial charge in [-0.15, -0.1) is 0 Å². The molecule has 0 aliphatic rings. The van der Waals surface area contributed by atoms with Crippen LogP contribution in [0.2, 0.25) is 0 Å². The molecule has 0 aromatic heterocycles. The first kappa shape index (κ1) is 12.0. The van der Waals surface area contributed by atoms with E-state index in [1.807, 2.05) is 6.07 Å². The van der Waals surface area contributed by atoms with Gasteiger partial charge in [-0.25, -0.2) is 0 Å². The first-order valence-electron chi connectivity index (χ1n) is 5.60. The van der Waals surface area contributed by atoms with E-state index in [1.54, 1.807) is 0 Å². The molecular weight excluding hydrogens is 272 g/mol. The molecule has 0 atom stereocenters. The lowest BCUT2D eigenvalue weighted by atomic mass is 10.0. The maximum Gasteiger partial charge on any atom is 0.0245 e. The third-order valence-corrected chi connectivity index (χ3v) is 2.84. The summed E-state index contributed by atoms with van der Waals surface area (Å²) in [6.07, 6.45) is 0.889. The summed E-state index contributed by atoms with van der Waals surface area (Å²) in [5.74, 6) is 6.26. The molecule has 0 bridgehead atoms. The minimum atomic E-state index is 0.889. The van der Waals surface area contributed by atoms with Crippen LogP contribution < -0.4 is 0 Å². The van der Waals surface area contributed by atoms with Crippen LogP contribution in [0.15, 0.2) is 54.6 Å². The summed E-state index contributed by atoms with van der Waals surface area (Å²) in [5.41, 5.74) is 3.55. The zero-order valence-electron chi connectivity index (χ0n) is 9.49. The zero-order chi connectivity index (χ0) is 11.9. The Morgan fingerprint density at radius 3 is 2.12 bits per heavy atom. The minimum Gasteiger partial charge on any atom is -0.0970 e. The molecule has 0 N–H and O–H groups in total. The summed E-state index contributed by atoms with van der Waals surface area (Å²) in [5, 5.41) is 0.933. The van der Waals surface area contributed by atoms with E-state index in [0.717, 1.165) is 17.3 Å². The monoisotopic (exact) mass is 284 g/mol. The van der Waals surface area contributed by atoms with Crippen LogP contribution in [0.3, 0.4) is 0 Å². The van der Waals surface area contributed by atoms with Crippen molar-refractivity contribution >= 4 is 15.9 Å². The van der Waals surface area contributed by atoms with E-state index in [-0.39, 0.29) is 0 Å². The van der Waals surface area contributed by atoms with Crippen LogP contribution in [-0.4, -0.2) is 5.33 Å². The smallest absolute Gasteiger partial charge is 0.0245 e. The van der Waals surface area contributed by atoms with Gasteiger partial charge in [0.1, 0.15) is 0 Å². The Labute approximate surface area is 111 Å². The van der Waals surface area contributed by atoms with Crippen LogP contribution in [-0.2, 0) is 0 Å². The van der Waals surface area contributed by atoms with E-state index < -0.39 is 0 Å². The normalized spacial score (nSPS) is 9.47. The topological polar surface area (TPSA) is 0 Å². The average molecular weight is 285 g/mol. The van der Waals surface area contributed by atoms with Gasteiger partial charge in [0, 0.05) is 17.3 Å². The van der Waals surface area contributed by atoms with Gasteiger partial charge in [0.15, 0.2) is 0 Å². The molecular formula is C16H13Br. The first-order chi connectivity index (χ1) is 8.40. The van der Waals surface area contributed by atoms with Crippen molar-refractivity contribution in [3.05, 3.63) is 60.2 Å². The molecule has 2 aromatic rings. The molecule has 0 aliphatic heterocycles. The van der Waals surface area contributed by atoms with Gasteiger partial charge in [-0.3, -0.25) is 0 Å². The Kier molecular flexibility index (Phi) is 4.41. The number of hydrogen-bond acceptors (Lipinski definition) is 0. The Bertz CT molecular complexity index is 515. The zero-order valence-corrected chi connectivity index (χ0v) is 11.1. The summed E-state index contributed by atoms with van der Waals surface area (Å²) in [6.45, 7) is 0. The number of halogens is 1. The van der Waals surface area contributed by atoms with Gasteiger partial charge in [-0.1, -0.05) is 70.2 Å². The largest absolute Gasteiger partial charge is 0.0970 e. The van der Waals surface area contributed by atoms with Gasteiger partial charge in [0.25, 0.3) is 0 Å². The van der Waals surface area contributed by atoms with Crippen molar-refractivity contribution in [1.29, 1.82) is 0 Å². The summed E-state index contributed by atoms with van der Waals surface area (Å²) in [7, 11) is 0. The standard InChI is InChI=1S/C16H13Br/c17-13-5-4-6-14-9-11-16(12-10-14)15-7-2-1-3-8-15/h1-3,7-12H,5,13H2. The van der Waals surface area contributed by atoms with Crippen molar-refractivity contribution in [1.82, 2.24) is 0 Å². The fraction of sp³-hybridized carbons (Fsp3) is 0.125. The fourth-order valence-electron chi connectivity index (χ4n) is 1.59. The Balaban J connectivity index is 2.17. The molecule has 0 nitrogen and oxygen atoms in total. The van der Waals surface area contributed by atoms with Crippen molar-refractivity contribution in [2.75, 3.05) is 5.33 Å². The van der Waals surface area contributed by atoms with Gasteiger partial charge in [0.2, 0.25) is 0 Å². The maximum atomic E-state index is 3.36. The van der Waals surface area contributed by atoms with Crippen molar-refractivity contribution in [2.45, 2.75) is 6.42 Å². The number of benzene rings is 2. The summed E-state index contributed by atoms with van der Waals surface area (Å²) >= 11 is 3.36. The van der Waals surface area contributed by atoms with E-state index in [2.05, 4.69) is 76.3 Å². The molecule has 0 amide bonds. The Morgan fingerprint density at radius 2 is 1.47 bits per heavy atom. The van der Waals surface area contributed by atoms with Crippen LogP contribution >= 0.6 is 15.9 Å². The Morgan fingerprint density at radius 1 is 0.824 bits per heavy atom. The van der Waals surface area contributed by atoms with E-state index in [0.29, 0.717) is 0 Å². The quantitative estimate of drug-likeness (QED) is 0.563. The highest BCUT2D eigenvalue weighted by molar-refractivity contribution is 9.09. The van der Waals surface area contributed by atoms with Crippen LogP contribution in [0.5, 0.6) is 0 Å². The molecule has 0 spiro atoms. The maximum absolute atomic E-state index is 3.36. The number of rotatable bonds is 2. The van der Waals surface area contributed by atoms with Gasteiger partial charge < -0.3 is 0 Å². The molecule has 0 fully saturated rings. The molecule has 0 saturated carbocycles. The highest BCUT2D eigenvalue weighted by Gasteiger charge is 1.95. The predicted octanol–water partition coefficient (Wildman–Crippen LogP) is 4.49. The molecule has 0 radical (unpaired) electrons. The van der Waals surface area contributed by atoms with Crippen molar-refractivity contribution in [2.24, 2.45) is 0 Å². The van der Waals surface area contributed by atoms with E-state index >= 15 is 0 Å².